The monoisotopic (exact) mass is 243 g/mol. The molecule has 0 fully saturated rings. The van der Waals surface area contributed by atoms with Crippen LogP contribution < -0.4 is 5.73 Å². The van der Waals surface area contributed by atoms with E-state index in [1.165, 1.54) is 0 Å². The summed E-state index contributed by atoms with van der Waals surface area (Å²) in [6.07, 6.45) is 1.79. The van der Waals surface area contributed by atoms with Gasteiger partial charge in [0, 0.05) is 14.2 Å². The maximum atomic E-state index is 9.30. The molecule has 1 aromatic rings. The molecular weight excluding hydrogens is 222 g/mol. The molecule has 0 aliphatic carbocycles. The molecule has 1 rings (SSSR count). The molecule has 0 atom stereocenters. The molecule has 0 unspecified atom stereocenters. The summed E-state index contributed by atoms with van der Waals surface area (Å²) in [7, 11) is 2.73. The lowest BCUT2D eigenvalue weighted by molar-refractivity contribution is 0.309. The van der Waals surface area contributed by atoms with E-state index in [1.807, 2.05) is 18.2 Å². The van der Waals surface area contributed by atoms with E-state index in [9.17, 15) is 5.11 Å². The first kappa shape index (κ1) is 15.1. The molecule has 0 amide bonds. The first-order valence-corrected chi connectivity index (χ1v) is 6.36. The summed E-state index contributed by atoms with van der Waals surface area (Å²) in [4.78, 5) is 0. The normalized spacial score (nSPS) is 9.44. The molecule has 1 aromatic carbocycles. The highest BCUT2D eigenvalue weighted by Crippen LogP contribution is 2.16. The Labute approximate surface area is 99.4 Å². The number of phenolic OH excluding ortho intramolecular Hbond substituents is 1. The van der Waals surface area contributed by atoms with Crippen molar-refractivity contribution in [3.63, 3.8) is 0 Å². The van der Waals surface area contributed by atoms with E-state index in [0.717, 1.165) is 18.4 Å². The number of aryl methyl sites for hydroxylation is 1. The van der Waals surface area contributed by atoms with Crippen LogP contribution in [0.4, 0.5) is 0 Å². The maximum absolute atomic E-state index is 9.30. The number of para-hydroxylation sites is 1. The molecule has 0 saturated carbocycles. The molecule has 0 aliphatic heterocycles. The Bertz CT molecular complexity index is 269. The highest BCUT2D eigenvalue weighted by molar-refractivity contribution is 6.17. The zero-order valence-electron chi connectivity index (χ0n) is 9.98. The molecule has 4 nitrogen and oxygen atoms in total. The summed E-state index contributed by atoms with van der Waals surface area (Å²) < 4.78 is 9.22. The average Bonchev–Trinajstić information content (AvgIpc) is 2.30. The zero-order valence-corrected chi connectivity index (χ0v) is 11.4. The Kier molecular flexibility index (Phi) is 10.0. The maximum Gasteiger partial charge on any atom is 0.303 e. The predicted molar refractivity (Wildman–Crippen MR) is 68.0 cm³/mol. The van der Waals surface area contributed by atoms with Crippen LogP contribution in [0.2, 0.25) is 0 Å². The lowest BCUT2D eigenvalue weighted by atomic mass is 10.1. The third-order valence-electron chi connectivity index (χ3n) is 1.88. The van der Waals surface area contributed by atoms with Crippen molar-refractivity contribution in [2.24, 2.45) is 5.73 Å². The van der Waals surface area contributed by atoms with Crippen LogP contribution in [0.15, 0.2) is 24.3 Å². The average molecular weight is 243 g/mol. The molecule has 92 valence electrons. The van der Waals surface area contributed by atoms with Crippen molar-refractivity contribution in [2.75, 3.05) is 20.8 Å². The van der Waals surface area contributed by atoms with Crippen molar-refractivity contribution < 1.29 is 14.0 Å². The summed E-state index contributed by atoms with van der Waals surface area (Å²) >= 11 is 0. The van der Waals surface area contributed by atoms with Crippen LogP contribution in [0.5, 0.6) is 5.75 Å². The molecule has 3 N–H and O–H groups in total. The number of benzene rings is 1. The fourth-order valence-corrected chi connectivity index (χ4v) is 1.37. The second-order valence-electron chi connectivity index (χ2n) is 3.22. The van der Waals surface area contributed by atoms with Gasteiger partial charge in [-0.25, -0.2) is 0 Å². The first-order valence-electron chi connectivity index (χ1n) is 5.21. The molecule has 0 aliphatic rings. The minimum atomic E-state index is -0.568. The quantitative estimate of drug-likeness (QED) is 0.742. The van der Waals surface area contributed by atoms with E-state index < -0.39 is 10.0 Å². The number of hydrogen-bond donors (Lipinski definition) is 2. The Hall–Kier alpha value is -0.883. The van der Waals surface area contributed by atoms with Gasteiger partial charge in [0.05, 0.1) is 0 Å². The number of hydrogen-bond acceptors (Lipinski definition) is 4. The van der Waals surface area contributed by atoms with Crippen molar-refractivity contribution in [1.82, 2.24) is 0 Å². The van der Waals surface area contributed by atoms with Crippen LogP contribution in [0.1, 0.15) is 12.0 Å². The van der Waals surface area contributed by atoms with Gasteiger partial charge in [-0.05, 0) is 31.0 Å². The molecule has 16 heavy (non-hydrogen) atoms. The van der Waals surface area contributed by atoms with Crippen LogP contribution in [0.3, 0.4) is 0 Å². The standard InChI is InChI=1S/C9H13NO.C2H8O2Si/c10-7-3-5-8-4-1-2-6-9(8)11;1-3-5-4-2/h1-2,4,6,11H,3,5,7,10H2;5H2,1-2H3. The summed E-state index contributed by atoms with van der Waals surface area (Å²) in [5.74, 6) is 0.376. The topological polar surface area (TPSA) is 64.7 Å². The molecule has 5 heteroatoms. The first-order chi connectivity index (χ1) is 7.76. The second-order valence-corrected chi connectivity index (χ2v) is 4.61. The molecule has 0 saturated heterocycles. The number of nitrogens with two attached hydrogens (primary N) is 1. The largest absolute Gasteiger partial charge is 0.508 e. The van der Waals surface area contributed by atoms with Crippen molar-refractivity contribution >= 4 is 10.0 Å². The number of aromatic hydroxyl groups is 1. The van der Waals surface area contributed by atoms with Crippen molar-refractivity contribution in [2.45, 2.75) is 12.8 Å². The third kappa shape index (κ3) is 7.41. The van der Waals surface area contributed by atoms with Gasteiger partial charge in [-0.2, -0.15) is 0 Å². The number of rotatable bonds is 5. The van der Waals surface area contributed by atoms with Gasteiger partial charge in [-0.15, -0.1) is 0 Å². The van der Waals surface area contributed by atoms with E-state index in [-0.39, 0.29) is 0 Å². The van der Waals surface area contributed by atoms with Crippen LogP contribution in [-0.4, -0.2) is 35.9 Å². The molecule has 0 aromatic heterocycles. The summed E-state index contributed by atoms with van der Waals surface area (Å²) in [5, 5.41) is 9.30. The van der Waals surface area contributed by atoms with Gasteiger partial charge >= 0.3 is 10.0 Å². The fourth-order valence-electron chi connectivity index (χ4n) is 1.13. The van der Waals surface area contributed by atoms with Gasteiger partial charge in [0.25, 0.3) is 0 Å². The summed E-state index contributed by atoms with van der Waals surface area (Å²) in [5.41, 5.74) is 6.33. The van der Waals surface area contributed by atoms with Crippen molar-refractivity contribution in [3.8, 4) is 5.75 Å². The third-order valence-corrected chi connectivity index (χ3v) is 2.35. The van der Waals surface area contributed by atoms with Crippen LogP contribution in [-0.2, 0) is 15.3 Å². The predicted octanol–water partition coefficient (Wildman–Crippen LogP) is 0.561. The SMILES string of the molecule is CO[SiH2]OC.NCCCc1ccccc1O. The van der Waals surface area contributed by atoms with Gasteiger partial charge in [0.2, 0.25) is 0 Å². The zero-order chi connectivity index (χ0) is 12.2. The Morgan fingerprint density at radius 3 is 2.31 bits per heavy atom. The minimum Gasteiger partial charge on any atom is -0.508 e. The van der Waals surface area contributed by atoms with Gasteiger partial charge in [0.15, 0.2) is 0 Å². The Balaban J connectivity index is 0.000000385. The van der Waals surface area contributed by atoms with Crippen LogP contribution >= 0.6 is 0 Å². The second kappa shape index (κ2) is 10.6. The highest BCUT2D eigenvalue weighted by atomic mass is 28.3. The van der Waals surface area contributed by atoms with Crippen molar-refractivity contribution in [1.29, 1.82) is 0 Å². The minimum absolute atomic E-state index is 0.376. The summed E-state index contributed by atoms with van der Waals surface area (Å²) in [6.45, 7) is 0.675. The summed E-state index contributed by atoms with van der Waals surface area (Å²) in [6, 6.07) is 7.36. The lowest BCUT2D eigenvalue weighted by Crippen LogP contribution is -2.00. The van der Waals surface area contributed by atoms with Gasteiger partial charge in [-0.3, -0.25) is 0 Å². The van der Waals surface area contributed by atoms with Crippen LogP contribution in [0, 0.1) is 0 Å². The molecule has 0 heterocycles. The van der Waals surface area contributed by atoms with Gasteiger partial charge < -0.3 is 19.7 Å². The van der Waals surface area contributed by atoms with E-state index >= 15 is 0 Å². The van der Waals surface area contributed by atoms with Gasteiger partial charge in [-0.1, -0.05) is 18.2 Å². The molecule has 0 bridgehead atoms. The van der Waals surface area contributed by atoms with E-state index in [2.05, 4.69) is 8.85 Å². The van der Waals surface area contributed by atoms with E-state index in [4.69, 9.17) is 5.73 Å². The van der Waals surface area contributed by atoms with Crippen LogP contribution in [0.25, 0.3) is 0 Å². The fraction of sp³-hybridized carbons (Fsp3) is 0.455. The number of phenols is 1. The van der Waals surface area contributed by atoms with Crippen molar-refractivity contribution in [3.05, 3.63) is 29.8 Å². The molecular formula is C11H21NO3Si. The smallest absolute Gasteiger partial charge is 0.303 e. The van der Waals surface area contributed by atoms with Gasteiger partial charge in [0.1, 0.15) is 5.75 Å². The molecule has 0 radical (unpaired) electrons. The lowest BCUT2D eigenvalue weighted by Gasteiger charge is -2.01. The highest BCUT2D eigenvalue weighted by Gasteiger charge is 1.96. The Morgan fingerprint density at radius 1 is 1.25 bits per heavy atom. The molecule has 0 spiro atoms. The Morgan fingerprint density at radius 2 is 1.88 bits per heavy atom. The van der Waals surface area contributed by atoms with E-state index in [1.54, 1.807) is 20.3 Å². The van der Waals surface area contributed by atoms with E-state index in [0.29, 0.717) is 12.3 Å².